The molecule has 5 nitrogen and oxygen atoms in total. The van der Waals surface area contributed by atoms with E-state index in [9.17, 15) is 14.4 Å². The van der Waals surface area contributed by atoms with Crippen molar-refractivity contribution >= 4 is 17.7 Å². The van der Waals surface area contributed by atoms with E-state index in [1.54, 1.807) is 0 Å². The number of amides is 3. The van der Waals surface area contributed by atoms with Crippen LogP contribution >= 0.6 is 0 Å². The summed E-state index contributed by atoms with van der Waals surface area (Å²) in [6, 6.07) is 3.18. The predicted molar refractivity (Wildman–Crippen MR) is 76.8 cm³/mol. The molecule has 0 spiro atoms. The van der Waals surface area contributed by atoms with E-state index in [2.05, 4.69) is 17.6 Å². The van der Waals surface area contributed by atoms with Crippen molar-refractivity contribution in [2.75, 3.05) is 0 Å². The molecule has 1 unspecified atom stereocenters. The Hall–Kier alpha value is -2.17. The summed E-state index contributed by atoms with van der Waals surface area (Å²) in [6.07, 6.45) is 3.63. The van der Waals surface area contributed by atoms with Gasteiger partial charge in [0.25, 0.3) is 5.91 Å². The minimum Gasteiger partial charge on any atom is -0.340 e. The van der Waals surface area contributed by atoms with Crippen LogP contribution in [0.2, 0.25) is 0 Å². The largest absolute Gasteiger partial charge is 0.340 e. The number of piperidine rings is 1. The van der Waals surface area contributed by atoms with Gasteiger partial charge in [-0.1, -0.05) is 6.07 Å². The number of hydrogen-bond donors (Lipinski definition) is 2. The summed E-state index contributed by atoms with van der Waals surface area (Å²) in [6.45, 7) is 2.06. The van der Waals surface area contributed by atoms with Crippen LogP contribution in [-0.2, 0) is 22.4 Å². The monoisotopic (exact) mass is 286 g/mol. The summed E-state index contributed by atoms with van der Waals surface area (Å²) in [7, 11) is 0. The molecule has 1 atom stereocenters. The molecule has 1 aliphatic heterocycles. The van der Waals surface area contributed by atoms with Crippen LogP contribution in [0.25, 0.3) is 0 Å². The maximum absolute atomic E-state index is 12.4. The van der Waals surface area contributed by atoms with Gasteiger partial charge in [0.2, 0.25) is 11.8 Å². The molecule has 5 heteroatoms. The molecule has 110 valence electrons. The summed E-state index contributed by atoms with van der Waals surface area (Å²) in [5, 5.41) is 5.01. The molecule has 3 amide bonds. The highest BCUT2D eigenvalue weighted by atomic mass is 16.2. The van der Waals surface area contributed by atoms with Gasteiger partial charge in [-0.25, -0.2) is 0 Å². The second-order valence-corrected chi connectivity index (χ2v) is 5.72. The normalized spacial score (nSPS) is 20.9. The molecule has 0 saturated carbocycles. The van der Waals surface area contributed by atoms with Crippen molar-refractivity contribution in [1.82, 2.24) is 10.6 Å². The smallest absolute Gasteiger partial charge is 0.252 e. The third kappa shape index (κ3) is 2.55. The number of benzene rings is 1. The first-order valence-electron chi connectivity index (χ1n) is 7.32. The Kier molecular flexibility index (Phi) is 3.49. The molecule has 1 fully saturated rings. The number of fused-ring (bicyclic) bond motifs is 1. The number of rotatable bonds is 2. The van der Waals surface area contributed by atoms with Gasteiger partial charge in [0.05, 0.1) is 0 Å². The third-order valence-corrected chi connectivity index (χ3v) is 4.31. The highest BCUT2D eigenvalue weighted by Gasteiger charge is 2.29. The Balaban J connectivity index is 1.79. The van der Waals surface area contributed by atoms with Gasteiger partial charge in [0.15, 0.2) is 0 Å². The first kappa shape index (κ1) is 13.8. The Bertz CT molecular complexity index is 637. The zero-order chi connectivity index (χ0) is 15.0. The summed E-state index contributed by atoms with van der Waals surface area (Å²) < 4.78 is 0. The van der Waals surface area contributed by atoms with Crippen molar-refractivity contribution < 1.29 is 14.4 Å². The maximum atomic E-state index is 12.4. The lowest BCUT2D eigenvalue weighted by molar-refractivity contribution is -0.134. The molecule has 1 saturated heterocycles. The fraction of sp³-hybridized carbons (Fsp3) is 0.438. The summed E-state index contributed by atoms with van der Waals surface area (Å²) in [4.78, 5) is 35.3. The van der Waals surface area contributed by atoms with Crippen molar-refractivity contribution in [3.63, 3.8) is 0 Å². The minimum absolute atomic E-state index is 0.220. The van der Waals surface area contributed by atoms with Gasteiger partial charge in [-0.05, 0) is 55.4 Å². The van der Waals surface area contributed by atoms with Gasteiger partial charge >= 0.3 is 0 Å². The molecule has 1 aliphatic carbocycles. The highest BCUT2D eigenvalue weighted by molar-refractivity contribution is 6.04. The van der Waals surface area contributed by atoms with Crippen LogP contribution in [0.4, 0.5) is 0 Å². The Labute approximate surface area is 123 Å². The lowest BCUT2D eigenvalue weighted by atomic mass is 9.97. The molecule has 21 heavy (non-hydrogen) atoms. The topological polar surface area (TPSA) is 75.3 Å². The lowest BCUT2D eigenvalue weighted by Crippen LogP contribution is -2.52. The molecule has 2 aliphatic rings. The van der Waals surface area contributed by atoms with E-state index in [-0.39, 0.29) is 18.2 Å². The standard InChI is InChI=1S/C16H18N2O3/c1-9-5-6-12(11-4-2-3-10(9)11)15(20)17-13-7-8-14(19)18-16(13)21/h5-6,13H,2-4,7-8H2,1H3,(H,17,20)(H,18,19,21). The van der Waals surface area contributed by atoms with Gasteiger partial charge in [-0.3, -0.25) is 19.7 Å². The van der Waals surface area contributed by atoms with E-state index >= 15 is 0 Å². The van der Waals surface area contributed by atoms with E-state index in [1.165, 1.54) is 11.1 Å². The van der Waals surface area contributed by atoms with Gasteiger partial charge < -0.3 is 5.32 Å². The molecule has 1 aromatic rings. The Morgan fingerprint density at radius 3 is 2.71 bits per heavy atom. The Morgan fingerprint density at radius 2 is 1.95 bits per heavy atom. The molecular formula is C16H18N2O3. The van der Waals surface area contributed by atoms with Crippen LogP contribution in [0, 0.1) is 6.92 Å². The zero-order valence-corrected chi connectivity index (χ0v) is 12.0. The number of nitrogens with one attached hydrogen (secondary N) is 2. The van der Waals surface area contributed by atoms with E-state index in [0.717, 1.165) is 24.8 Å². The molecule has 0 bridgehead atoms. The van der Waals surface area contributed by atoms with Crippen molar-refractivity contribution in [1.29, 1.82) is 0 Å². The molecule has 0 radical (unpaired) electrons. The quantitative estimate of drug-likeness (QED) is 0.797. The number of carbonyl (C=O) groups excluding carboxylic acids is 3. The van der Waals surface area contributed by atoms with E-state index in [0.29, 0.717) is 12.0 Å². The van der Waals surface area contributed by atoms with Crippen LogP contribution in [0.3, 0.4) is 0 Å². The van der Waals surface area contributed by atoms with Crippen LogP contribution in [0.15, 0.2) is 12.1 Å². The summed E-state index contributed by atoms with van der Waals surface area (Å²) in [5.41, 5.74) is 4.27. The molecule has 2 N–H and O–H groups in total. The fourth-order valence-corrected chi connectivity index (χ4v) is 3.17. The van der Waals surface area contributed by atoms with Crippen LogP contribution < -0.4 is 10.6 Å². The average molecular weight is 286 g/mol. The molecule has 3 rings (SSSR count). The van der Waals surface area contributed by atoms with Crippen LogP contribution in [0.5, 0.6) is 0 Å². The molecule has 1 aromatic carbocycles. The van der Waals surface area contributed by atoms with Crippen molar-refractivity contribution in [3.8, 4) is 0 Å². The van der Waals surface area contributed by atoms with Gasteiger partial charge in [0, 0.05) is 12.0 Å². The Morgan fingerprint density at radius 1 is 1.19 bits per heavy atom. The highest BCUT2D eigenvalue weighted by Crippen LogP contribution is 2.28. The summed E-state index contributed by atoms with van der Waals surface area (Å²) in [5.74, 6) is -0.910. The number of imide groups is 1. The van der Waals surface area contributed by atoms with E-state index in [1.807, 2.05) is 12.1 Å². The first-order chi connectivity index (χ1) is 10.1. The minimum atomic E-state index is -0.617. The van der Waals surface area contributed by atoms with E-state index < -0.39 is 11.9 Å². The summed E-state index contributed by atoms with van der Waals surface area (Å²) >= 11 is 0. The van der Waals surface area contributed by atoms with Crippen molar-refractivity contribution in [2.45, 2.75) is 45.1 Å². The van der Waals surface area contributed by atoms with Gasteiger partial charge in [-0.2, -0.15) is 0 Å². The zero-order valence-electron chi connectivity index (χ0n) is 12.0. The average Bonchev–Trinajstić information content (AvgIpc) is 2.92. The lowest BCUT2D eigenvalue weighted by Gasteiger charge is -2.22. The fourth-order valence-electron chi connectivity index (χ4n) is 3.17. The van der Waals surface area contributed by atoms with Crippen molar-refractivity contribution in [3.05, 3.63) is 34.4 Å². The van der Waals surface area contributed by atoms with Crippen LogP contribution in [0.1, 0.15) is 46.3 Å². The van der Waals surface area contributed by atoms with Gasteiger partial charge in [0.1, 0.15) is 6.04 Å². The molecule has 1 heterocycles. The maximum Gasteiger partial charge on any atom is 0.252 e. The number of aryl methyl sites for hydroxylation is 1. The van der Waals surface area contributed by atoms with Gasteiger partial charge in [-0.15, -0.1) is 0 Å². The van der Waals surface area contributed by atoms with Crippen LogP contribution in [-0.4, -0.2) is 23.8 Å². The number of hydrogen-bond acceptors (Lipinski definition) is 3. The first-order valence-corrected chi connectivity index (χ1v) is 7.32. The SMILES string of the molecule is Cc1ccc(C(=O)NC2CCC(=O)NC2=O)c2c1CCC2. The predicted octanol–water partition coefficient (Wildman–Crippen LogP) is 1.02. The second-order valence-electron chi connectivity index (χ2n) is 5.72. The van der Waals surface area contributed by atoms with Crippen molar-refractivity contribution in [2.24, 2.45) is 0 Å². The molecule has 0 aromatic heterocycles. The second kappa shape index (κ2) is 5.31. The number of carbonyl (C=O) groups is 3. The molecular weight excluding hydrogens is 268 g/mol. The third-order valence-electron chi connectivity index (χ3n) is 4.31. The van der Waals surface area contributed by atoms with E-state index in [4.69, 9.17) is 0 Å².